The standard InChI is InChI=1S/C37H37F3N8O4/c1-3-51-36(49)45-29-17-27(34(47-32(29)41)43-19-21-5-11-24(38)12-6-21)31(23-9-15-26(40)16-10-23)28-18-30(46-37(50)52-4-2)33(42)48-35(28)44-20-22-7-13-25(39)14-8-22/h5-18,31H,3-4,19-20H2,1-2H3,(H,45,49)(H,46,50)(H3,41,43,47)(H3,42,44,48). The van der Waals surface area contributed by atoms with Crippen LogP contribution in [0.1, 0.15) is 47.6 Å². The van der Waals surface area contributed by atoms with E-state index in [4.69, 9.17) is 20.9 Å². The van der Waals surface area contributed by atoms with Crippen LogP contribution in [0.3, 0.4) is 0 Å². The molecule has 52 heavy (non-hydrogen) atoms. The van der Waals surface area contributed by atoms with E-state index in [0.717, 1.165) is 11.1 Å². The summed E-state index contributed by atoms with van der Waals surface area (Å²) in [5.74, 6) is -1.75. The molecule has 2 amide bonds. The van der Waals surface area contributed by atoms with E-state index in [2.05, 4.69) is 31.2 Å². The molecule has 0 saturated heterocycles. The van der Waals surface area contributed by atoms with Crippen molar-refractivity contribution in [3.63, 3.8) is 0 Å². The van der Waals surface area contributed by atoms with Gasteiger partial charge < -0.3 is 31.6 Å². The molecule has 0 aliphatic heterocycles. The average molecular weight is 715 g/mol. The lowest BCUT2D eigenvalue weighted by atomic mass is 9.84. The van der Waals surface area contributed by atoms with Gasteiger partial charge in [0.1, 0.15) is 40.7 Å². The van der Waals surface area contributed by atoms with Crippen molar-refractivity contribution in [3.05, 3.63) is 130 Å². The van der Waals surface area contributed by atoms with Crippen molar-refractivity contribution in [1.29, 1.82) is 0 Å². The summed E-state index contributed by atoms with van der Waals surface area (Å²) in [6, 6.07) is 20.6. The van der Waals surface area contributed by atoms with Crippen LogP contribution in [0.5, 0.6) is 0 Å². The molecule has 0 spiro atoms. The van der Waals surface area contributed by atoms with Crippen LogP contribution in [0.25, 0.3) is 0 Å². The average Bonchev–Trinajstić information content (AvgIpc) is 3.11. The van der Waals surface area contributed by atoms with E-state index in [1.54, 1.807) is 62.4 Å². The zero-order valence-electron chi connectivity index (χ0n) is 28.3. The van der Waals surface area contributed by atoms with Crippen molar-refractivity contribution in [3.8, 4) is 0 Å². The van der Waals surface area contributed by atoms with Gasteiger partial charge in [-0.1, -0.05) is 36.4 Å². The Morgan fingerprint density at radius 2 is 1.00 bits per heavy atom. The number of halogens is 3. The maximum Gasteiger partial charge on any atom is 0.411 e. The van der Waals surface area contributed by atoms with Gasteiger partial charge in [-0.15, -0.1) is 0 Å². The number of ether oxygens (including phenoxy) is 2. The fraction of sp³-hybridized carbons (Fsp3) is 0.189. The Bertz CT molecular complexity index is 1890. The number of carbonyl (C=O) groups excluding carboxylic acids is 2. The number of hydrogen-bond donors (Lipinski definition) is 6. The third-order valence-corrected chi connectivity index (χ3v) is 7.76. The van der Waals surface area contributed by atoms with Crippen LogP contribution in [-0.4, -0.2) is 35.4 Å². The van der Waals surface area contributed by atoms with E-state index >= 15 is 0 Å². The molecule has 0 aliphatic carbocycles. The van der Waals surface area contributed by atoms with Gasteiger partial charge in [-0.3, -0.25) is 10.6 Å². The van der Waals surface area contributed by atoms with Gasteiger partial charge in [0.05, 0.1) is 24.6 Å². The third kappa shape index (κ3) is 9.38. The summed E-state index contributed by atoms with van der Waals surface area (Å²) in [7, 11) is 0. The van der Waals surface area contributed by atoms with Crippen molar-refractivity contribution in [1.82, 2.24) is 9.97 Å². The van der Waals surface area contributed by atoms with Crippen LogP contribution in [0.15, 0.2) is 84.9 Å². The molecule has 15 heteroatoms. The van der Waals surface area contributed by atoms with Gasteiger partial charge in [0.2, 0.25) is 0 Å². The molecule has 2 heterocycles. The highest BCUT2D eigenvalue weighted by Crippen LogP contribution is 2.42. The smallest absolute Gasteiger partial charge is 0.411 e. The van der Waals surface area contributed by atoms with Gasteiger partial charge >= 0.3 is 12.2 Å². The quantitative estimate of drug-likeness (QED) is 0.0712. The minimum Gasteiger partial charge on any atom is -0.450 e. The zero-order valence-corrected chi connectivity index (χ0v) is 28.3. The molecule has 0 atom stereocenters. The Morgan fingerprint density at radius 3 is 1.37 bits per heavy atom. The van der Waals surface area contributed by atoms with Gasteiger partial charge in [-0.2, -0.15) is 0 Å². The molecule has 0 saturated carbocycles. The molecule has 0 aliphatic rings. The highest BCUT2D eigenvalue weighted by Gasteiger charge is 2.28. The molecular weight excluding hydrogens is 677 g/mol. The number of nitrogens with one attached hydrogen (secondary N) is 4. The van der Waals surface area contributed by atoms with Gasteiger partial charge in [0, 0.05) is 30.1 Å². The largest absolute Gasteiger partial charge is 0.450 e. The summed E-state index contributed by atoms with van der Waals surface area (Å²) in [4.78, 5) is 34.4. The normalized spacial score (nSPS) is 10.8. The Balaban J connectivity index is 1.72. The van der Waals surface area contributed by atoms with Crippen LogP contribution < -0.4 is 32.7 Å². The maximum absolute atomic E-state index is 14.4. The molecule has 2 aromatic heterocycles. The third-order valence-electron chi connectivity index (χ3n) is 7.76. The summed E-state index contributed by atoms with van der Waals surface area (Å²) in [5, 5.41) is 11.8. The fourth-order valence-corrected chi connectivity index (χ4v) is 5.32. The molecular formula is C37H37F3N8O4. The first-order valence-corrected chi connectivity index (χ1v) is 16.2. The second-order valence-corrected chi connectivity index (χ2v) is 11.4. The number of benzene rings is 3. The lowest BCUT2D eigenvalue weighted by molar-refractivity contribution is 0.167. The Hall–Kier alpha value is -6.51. The minimum absolute atomic E-state index is 0.0500. The molecule has 3 aromatic carbocycles. The first-order chi connectivity index (χ1) is 25.0. The molecule has 8 N–H and O–H groups in total. The van der Waals surface area contributed by atoms with E-state index in [0.29, 0.717) is 16.7 Å². The number of nitrogen functional groups attached to an aromatic ring is 2. The van der Waals surface area contributed by atoms with Crippen molar-refractivity contribution < 1.29 is 32.2 Å². The van der Waals surface area contributed by atoms with E-state index in [1.807, 2.05) is 0 Å². The maximum atomic E-state index is 14.4. The summed E-state index contributed by atoms with van der Waals surface area (Å²) in [6.45, 7) is 3.86. The Labute approximate surface area is 297 Å². The number of rotatable bonds is 13. The van der Waals surface area contributed by atoms with Crippen molar-refractivity contribution in [2.75, 3.05) is 45.9 Å². The van der Waals surface area contributed by atoms with Crippen molar-refractivity contribution >= 4 is 46.8 Å². The van der Waals surface area contributed by atoms with Crippen LogP contribution in [0.2, 0.25) is 0 Å². The van der Waals surface area contributed by atoms with Crippen LogP contribution in [-0.2, 0) is 22.6 Å². The second kappa shape index (κ2) is 16.9. The second-order valence-electron chi connectivity index (χ2n) is 11.4. The number of pyridine rings is 2. The molecule has 5 aromatic rings. The summed E-state index contributed by atoms with van der Waals surface area (Å²) in [6.07, 6.45) is -1.55. The monoisotopic (exact) mass is 714 g/mol. The molecule has 0 bridgehead atoms. The number of carbonyl (C=O) groups is 2. The lowest BCUT2D eigenvalue weighted by Crippen LogP contribution is -2.19. The number of anilines is 6. The van der Waals surface area contributed by atoms with E-state index in [-0.39, 0.29) is 60.9 Å². The summed E-state index contributed by atoms with van der Waals surface area (Å²) in [5.41, 5.74) is 15.8. The molecule has 270 valence electrons. The Kier molecular flexibility index (Phi) is 12.0. The highest BCUT2D eigenvalue weighted by atomic mass is 19.1. The summed E-state index contributed by atoms with van der Waals surface area (Å²) >= 11 is 0. The predicted molar refractivity (Wildman–Crippen MR) is 193 cm³/mol. The zero-order chi connectivity index (χ0) is 37.2. The summed E-state index contributed by atoms with van der Waals surface area (Å²) < 4.78 is 52.0. The van der Waals surface area contributed by atoms with Crippen LogP contribution in [0.4, 0.5) is 57.4 Å². The number of amides is 2. The van der Waals surface area contributed by atoms with Crippen LogP contribution >= 0.6 is 0 Å². The predicted octanol–water partition coefficient (Wildman–Crippen LogP) is 7.60. The molecule has 0 fully saturated rings. The molecule has 0 unspecified atom stereocenters. The number of hydrogen-bond acceptors (Lipinski definition) is 10. The lowest BCUT2D eigenvalue weighted by Gasteiger charge is -2.26. The van der Waals surface area contributed by atoms with Gasteiger partial charge in [-0.05, 0) is 79.1 Å². The molecule has 5 rings (SSSR count). The molecule has 0 radical (unpaired) electrons. The van der Waals surface area contributed by atoms with Crippen molar-refractivity contribution in [2.45, 2.75) is 32.9 Å². The number of aromatic nitrogens is 2. The van der Waals surface area contributed by atoms with Crippen molar-refractivity contribution in [2.24, 2.45) is 0 Å². The van der Waals surface area contributed by atoms with E-state index in [1.165, 1.54) is 36.4 Å². The Morgan fingerprint density at radius 1 is 0.635 bits per heavy atom. The topological polar surface area (TPSA) is 179 Å². The number of nitrogens with two attached hydrogens (primary N) is 2. The molecule has 12 nitrogen and oxygen atoms in total. The van der Waals surface area contributed by atoms with E-state index in [9.17, 15) is 22.8 Å². The van der Waals surface area contributed by atoms with Gasteiger partial charge in [0.25, 0.3) is 0 Å². The minimum atomic E-state index is -0.862. The first-order valence-electron chi connectivity index (χ1n) is 16.2. The van der Waals surface area contributed by atoms with Crippen LogP contribution in [0, 0.1) is 17.5 Å². The SMILES string of the molecule is CCOC(=O)Nc1cc(C(c2ccc(F)cc2)c2cc(NC(=O)OCC)c(N)nc2NCc2ccc(F)cc2)c(NCc2ccc(F)cc2)nc1N. The first kappa shape index (κ1) is 36.8. The van der Waals surface area contributed by atoms with E-state index < -0.39 is 35.6 Å². The number of nitrogens with zero attached hydrogens (tertiary/aromatic N) is 2. The highest BCUT2D eigenvalue weighted by molar-refractivity contribution is 5.90. The van der Waals surface area contributed by atoms with Gasteiger partial charge in [-0.25, -0.2) is 32.7 Å². The fourth-order valence-electron chi connectivity index (χ4n) is 5.32. The van der Waals surface area contributed by atoms with Gasteiger partial charge in [0.15, 0.2) is 0 Å².